The van der Waals surface area contributed by atoms with Gasteiger partial charge in [-0.3, -0.25) is 4.79 Å². The Kier molecular flexibility index (Phi) is 4.72. The molecule has 1 fully saturated rings. The number of benzene rings is 1. The third kappa shape index (κ3) is 2.68. The molecule has 1 aromatic rings. The number of rotatable bonds is 6. The fraction of sp³-hybridized carbons (Fsp3) is 0.500. The number of hydrogen-bond donors (Lipinski definition) is 0. The second-order valence-corrected chi connectivity index (χ2v) is 6.37. The molecule has 0 radical (unpaired) electrons. The van der Waals surface area contributed by atoms with Gasteiger partial charge in [-0.2, -0.15) is 0 Å². The zero-order chi connectivity index (χ0) is 18.3. The Morgan fingerprint density at radius 1 is 1.04 bits per heavy atom. The molecule has 0 bridgehead atoms. The lowest BCUT2D eigenvalue weighted by atomic mass is 9.98. The van der Waals surface area contributed by atoms with Crippen molar-refractivity contribution in [2.45, 2.75) is 33.5 Å². The predicted octanol–water partition coefficient (Wildman–Crippen LogP) is 3.05. The van der Waals surface area contributed by atoms with E-state index in [1.165, 1.54) is 0 Å². The van der Waals surface area contributed by atoms with Crippen LogP contribution in [0.3, 0.4) is 0 Å². The molecule has 1 aliphatic carbocycles. The molecule has 1 aromatic carbocycles. The second-order valence-electron chi connectivity index (χ2n) is 6.37. The average molecular weight is 348 g/mol. The molecule has 0 N–H and O–H groups in total. The lowest BCUT2D eigenvalue weighted by Gasteiger charge is -2.15. The largest absolute Gasteiger partial charge is 0.460 e. The van der Waals surface area contributed by atoms with Crippen LogP contribution >= 0.6 is 0 Å². The number of methoxy groups -OCH3 is 1. The van der Waals surface area contributed by atoms with E-state index in [1.54, 1.807) is 13.8 Å². The van der Waals surface area contributed by atoms with Crippen molar-refractivity contribution in [2.24, 2.45) is 10.8 Å². The summed E-state index contributed by atoms with van der Waals surface area (Å²) >= 11 is 0. The van der Waals surface area contributed by atoms with E-state index >= 15 is 0 Å². The summed E-state index contributed by atoms with van der Waals surface area (Å²) in [4.78, 5) is 23.1. The number of carbonyl (C=O) groups is 2. The van der Waals surface area contributed by atoms with Gasteiger partial charge in [-0.25, -0.2) is 17.6 Å². The zero-order valence-corrected chi connectivity index (χ0v) is 13.3. The van der Waals surface area contributed by atoms with Gasteiger partial charge in [-0.05, 0) is 11.8 Å². The summed E-state index contributed by atoms with van der Waals surface area (Å²) in [5.41, 5.74) is -3.98. The van der Waals surface area contributed by atoms with Gasteiger partial charge in [0.25, 0.3) is 0 Å². The highest BCUT2D eigenvalue weighted by molar-refractivity contribution is 5.98. The summed E-state index contributed by atoms with van der Waals surface area (Å²) in [6.07, 6.45) is 0.647. The quantitative estimate of drug-likeness (QED) is 0.261. The third-order valence-corrected chi connectivity index (χ3v) is 4.45. The topological polar surface area (TPSA) is 52.6 Å². The molecular formula is C16H16F4O4. The van der Waals surface area contributed by atoms with Crippen molar-refractivity contribution < 1.29 is 36.6 Å². The molecule has 24 heavy (non-hydrogen) atoms. The molecule has 0 heterocycles. The van der Waals surface area contributed by atoms with E-state index in [2.05, 4.69) is 4.74 Å². The van der Waals surface area contributed by atoms with Gasteiger partial charge >= 0.3 is 5.97 Å². The van der Waals surface area contributed by atoms with Crippen LogP contribution in [0.5, 0.6) is 0 Å². The van der Waals surface area contributed by atoms with E-state index in [0.29, 0.717) is 6.29 Å². The van der Waals surface area contributed by atoms with E-state index in [-0.39, 0.29) is 6.42 Å². The van der Waals surface area contributed by atoms with Crippen LogP contribution < -0.4 is 0 Å². The summed E-state index contributed by atoms with van der Waals surface area (Å²) in [6, 6.07) is 0. The molecule has 0 aromatic heterocycles. The summed E-state index contributed by atoms with van der Waals surface area (Å²) in [5.74, 6) is -7.53. The smallest absolute Gasteiger partial charge is 0.320 e. The number of carbonyl (C=O) groups excluding carboxylic acids is 2. The van der Waals surface area contributed by atoms with Gasteiger partial charge < -0.3 is 14.3 Å². The van der Waals surface area contributed by atoms with Gasteiger partial charge in [0, 0.05) is 7.11 Å². The first-order valence-electron chi connectivity index (χ1n) is 7.09. The number of hydrogen-bond acceptors (Lipinski definition) is 4. The lowest BCUT2D eigenvalue weighted by Crippen LogP contribution is -2.26. The molecule has 1 atom stereocenters. The molecule has 132 valence electrons. The van der Waals surface area contributed by atoms with Crippen LogP contribution in [0.4, 0.5) is 17.6 Å². The average Bonchev–Trinajstić information content (AvgIpc) is 3.12. The Bertz CT molecular complexity index is 673. The maximum absolute atomic E-state index is 13.9. The number of esters is 1. The first-order valence-corrected chi connectivity index (χ1v) is 7.09. The number of halogens is 4. The van der Waals surface area contributed by atoms with Crippen molar-refractivity contribution in [3.05, 3.63) is 34.4 Å². The highest BCUT2D eigenvalue weighted by atomic mass is 19.2. The SMILES string of the molecule is COCc1c(F)c(F)c(COC(=O)C2(C=O)CC2(C)C)c(F)c1F. The summed E-state index contributed by atoms with van der Waals surface area (Å²) in [5, 5.41) is 0. The molecule has 1 aliphatic rings. The maximum Gasteiger partial charge on any atom is 0.320 e. The standard InChI is InChI=1S/C16H16F4O4/c1-15(2)6-16(15,7-21)14(22)24-5-9-12(19)10(17)8(4-23-3)11(18)13(9)20/h7H,4-6H2,1-3H3. The van der Waals surface area contributed by atoms with Crippen molar-refractivity contribution in [1.82, 2.24) is 0 Å². The lowest BCUT2D eigenvalue weighted by molar-refractivity contribution is -0.154. The summed E-state index contributed by atoms with van der Waals surface area (Å²) in [6.45, 7) is 1.63. The van der Waals surface area contributed by atoms with Crippen molar-refractivity contribution in [1.29, 1.82) is 0 Å². The Morgan fingerprint density at radius 3 is 1.79 bits per heavy atom. The first-order chi connectivity index (χ1) is 11.1. The van der Waals surface area contributed by atoms with Crippen LogP contribution in [0.1, 0.15) is 31.4 Å². The van der Waals surface area contributed by atoms with Crippen molar-refractivity contribution in [2.75, 3.05) is 7.11 Å². The van der Waals surface area contributed by atoms with Crippen LogP contribution in [-0.2, 0) is 32.3 Å². The van der Waals surface area contributed by atoms with E-state index in [1.807, 2.05) is 0 Å². The van der Waals surface area contributed by atoms with E-state index in [4.69, 9.17) is 4.74 Å². The van der Waals surface area contributed by atoms with Crippen LogP contribution in [-0.4, -0.2) is 19.4 Å². The van der Waals surface area contributed by atoms with Gasteiger partial charge in [-0.1, -0.05) is 13.8 Å². The van der Waals surface area contributed by atoms with Crippen LogP contribution in [0, 0.1) is 34.1 Å². The molecule has 0 spiro atoms. The molecule has 1 saturated carbocycles. The first kappa shape index (κ1) is 18.4. The van der Waals surface area contributed by atoms with Gasteiger partial charge in [0.1, 0.15) is 18.3 Å². The third-order valence-electron chi connectivity index (χ3n) is 4.45. The molecule has 0 aliphatic heterocycles. The molecule has 0 amide bonds. The summed E-state index contributed by atoms with van der Waals surface area (Å²) in [7, 11) is 1.11. The van der Waals surface area contributed by atoms with Gasteiger partial charge in [-0.15, -0.1) is 0 Å². The number of aldehydes is 1. The fourth-order valence-electron chi connectivity index (χ4n) is 2.64. The minimum atomic E-state index is -1.66. The Hall–Kier alpha value is -1.96. The fourth-order valence-corrected chi connectivity index (χ4v) is 2.64. The molecule has 8 heteroatoms. The van der Waals surface area contributed by atoms with E-state index < -0.39 is 64.4 Å². The second kappa shape index (κ2) is 6.16. The van der Waals surface area contributed by atoms with E-state index in [0.717, 1.165) is 7.11 Å². The Balaban J connectivity index is 2.25. The minimum absolute atomic E-state index is 0.225. The maximum atomic E-state index is 13.9. The van der Waals surface area contributed by atoms with Crippen molar-refractivity contribution >= 4 is 12.3 Å². The van der Waals surface area contributed by atoms with Gasteiger partial charge in [0.15, 0.2) is 23.3 Å². The highest BCUT2D eigenvalue weighted by Crippen LogP contribution is 2.62. The predicted molar refractivity (Wildman–Crippen MR) is 73.7 cm³/mol. The Labute approximate surface area is 135 Å². The van der Waals surface area contributed by atoms with Crippen LogP contribution in [0.15, 0.2) is 0 Å². The number of ether oxygens (including phenoxy) is 2. The molecule has 4 nitrogen and oxygen atoms in total. The normalized spacial score (nSPS) is 21.5. The van der Waals surface area contributed by atoms with Gasteiger partial charge in [0.2, 0.25) is 0 Å². The zero-order valence-electron chi connectivity index (χ0n) is 13.3. The monoisotopic (exact) mass is 348 g/mol. The molecule has 2 rings (SSSR count). The molecule has 1 unspecified atom stereocenters. The molecular weight excluding hydrogens is 332 g/mol. The van der Waals surface area contributed by atoms with E-state index in [9.17, 15) is 27.2 Å². The highest BCUT2D eigenvalue weighted by Gasteiger charge is 2.68. The van der Waals surface area contributed by atoms with Crippen LogP contribution in [0.2, 0.25) is 0 Å². The Morgan fingerprint density at radius 2 is 1.46 bits per heavy atom. The molecule has 0 saturated heterocycles. The minimum Gasteiger partial charge on any atom is -0.460 e. The van der Waals surface area contributed by atoms with Crippen LogP contribution in [0.25, 0.3) is 0 Å². The van der Waals surface area contributed by atoms with Gasteiger partial charge in [0.05, 0.1) is 17.7 Å². The summed E-state index contributed by atoms with van der Waals surface area (Å²) < 4.78 is 64.7. The van der Waals surface area contributed by atoms with Crippen molar-refractivity contribution in [3.8, 4) is 0 Å². The van der Waals surface area contributed by atoms with Crippen molar-refractivity contribution in [3.63, 3.8) is 0 Å².